The third-order valence-electron chi connectivity index (χ3n) is 1.11. The van der Waals surface area contributed by atoms with Crippen molar-refractivity contribution in [3.8, 4) is 11.8 Å². The van der Waals surface area contributed by atoms with Crippen LogP contribution in [0, 0.1) is 11.8 Å². The number of aliphatic hydroxyl groups excluding tert-OH is 1. The predicted molar refractivity (Wildman–Crippen MR) is 45.3 cm³/mol. The van der Waals surface area contributed by atoms with Crippen molar-refractivity contribution in [2.24, 2.45) is 0 Å². The van der Waals surface area contributed by atoms with Gasteiger partial charge in [-0.05, 0) is 13.3 Å². The van der Waals surface area contributed by atoms with Gasteiger partial charge < -0.3 is 9.84 Å². The Morgan fingerprint density at radius 2 is 2.33 bits per heavy atom. The van der Waals surface area contributed by atoms with E-state index in [-0.39, 0.29) is 0 Å². The van der Waals surface area contributed by atoms with Gasteiger partial charge in [0, 0.05) is 5.92 Å². The highest BCUT2D eigenvalue weighted by Gasteiger charge is 1.95. The lowest BCUT2D eigenvalue weighted by Crippen LogP contribution is -2.04. The highest BCUT2D eigenvalue weighted by atomic mass is 16.5. The number of carbonyl (C=O) groups is 1. The second-order valence-electron chi connectivity index (χ2n) is 2.43. The molecule has 1 N–H and O–H groups in total. The van der Waals surface area contributed by atoms with Crippen LogP contribution >= 0.6 is 0 Å². The highest BCUT2D eigenvalue weighted by molar-refractivity contribution is 5.88. The van der Waals surface area contributed by atoms with Crippen molar-refractivity contribution in [2.45, 2.75) is 32.8 Å². The summed E-state index contributed by atoms with van der Waals surface area (Å²) in [5.74, 6) is 3.92. The van der Waals surface area contributed by atoms with Crippen molar-refractivity contribution in [3.63, 3.8) is 0 Å². The van der Waals surface area contributed by atoms with Gasteiger partial charge in [0.2, 0.25) is 0 Å². The molecule has 68 valence electrons. The van der Waals surface area contributed by atoms with Gasteiger partial charge in [0.25, 0.3) is 0 Å². The van der Waals surface area contributed by atoms with E-state index in [0.717, 1.165) is 12.8 Å². The summed E-state index contributed by atoms with van der Waals surface area (Å²) in [5, 5.41) is 8.69. The first-order chi connectivity index (χ1) is 5.66. The standard InChI is InChI=1S/C9H14O3/c1-3-4-7-12-9(11)6-5-8(2)10/h8,10H,3-4,7H2,1-2H3/t8-/m1/s1. The van der Waals surface area contributed by atoms with E-state index in [0.29, 0.717) is 6.61 Å². The molecule has 0 heterocycles. The molecule has 0 aliphatic carbocycles. The minimum absolute atomic E-state index is 0.407. The zero-order valence-electron chi connectivity index (χ0n) is 7.46. The van der Waals surface area contributed by atoms with Crippen LogP contribution in [0.15, 0.2) is 0 Å². The summed E-state index contributed by atoms with van der Waals surface area (Å²) < 4.78 is 4.71. The summed E-state index contributed by atoms with van der Waals surface area (Å²) in [6.07, 6.45) is 1.06. The number of esters is 1. The molecule has 0 fully saturated rings. The van der Waals surface area contributed by atoms with Crippen molar-refractivity contribution >= 4 is 5.97 Å². The fourth-order valence-corrected chi connectivity index (χ4v) is 0.509. The number of ether oxygens (including phenoxy) is 1. The van der Waals surface area contributed by atoms with Crippen LogP contribution < -0.4 is 0 Å². The van der Waals surface area contributed by atoms with Crippen molar-refractivity contribution in [1.82, 2.24) is 0 Å². The third-order valence-corrected chi connectivity index (χ3v) is 1.11. The smallest absolute Gasteiger partial charge is 0.384 e. The molecule has 3 heteroatoms. The Balaban J connectivity index is 3.55. The van der Waals surface area contributed by atoms with E-state index < -0.39 is 12.1 Å². The minimum atomic E-state index is -0.774. The van der Waals surface area contributed by atoms with Crippen LogP contribution in [0.5, 0.6) is 0 Å². The first-order valence-electron chi connectivity index (χ1n) is 4.03. The van der Waals surface area contributed by atoms with E-state index >= 15 is 0 Å². The summed E-state index contributed by atoms with van der Waals surface area (Å²) in [6, 6.07) is 0. The van der Waals surface area contributed by atoms with Crippen LogP contribution in [0.1, 0.15) is 26.7 Å². The molecule has 1 atom stereocenters. The molecule has 0 aromatic heterocycles. The van der Waals surface area contributed by atoms with Gasteiger partial charge in [0.1, 0.15) is 6.10 Å². The molecule has 0 rings (SSSR count). The number of aliphatic hydroxyl groups is 1. The van der Waals surface area contributed by atoms with Gasteiger partial charge in [0.15, 0.2) is 0 Å². The van der Waals surface area contributed by atoms with Gasteiger partial charge in [0.05, 0.1) is 6.61 Å². The normalized spacial score (nSPS) is 11.2. The van der Waals surface area contributed by atoms with Crippen molar-refractivity contribution in [2.75, 3.05) is 6.61 Å². The average molecular weight is 170 g/mol. The van der Waals surface area contributed by atoms with Gasteiger partial charge in [-0.2, -0.15) is 0 Å². The molecule has 0 saturated heterocycles. The van der Waals surface area contributed by atoms with Crippen LogP contribution in [0.3, 0.4) is 0 Å². The van der Waals surface area contributed by atoms with E-state index in [4.69, 9.17) is 9.84 Å². The zero-order valence-corrected chi connectivity index (χ0v) is 7.46. The lowest BCUT2D eigenvalue weighted by molar-refractivity contribution is -0.136. The molecule has 0 unspecified atom stereocenters. The monoisotopic (exact) mass is 170 g/mol. The highest BCUT2D eigenvalue weighted by Crippen LogP contribution is 1.87. The maximum absolute atomic E-state index is 10.7. The lowest BCUT2D eigenvalue weighted by atomic mass is 10.4. The van der Waals surface area contributed by atoms with Crippen LogP contribution in [0.4, 0.5) is 0 Å². The summed E-state index contributed by atoms with van der Waals surface area (Å²) in [7, 11) is 0. The first kappa shape index (κ1) is 11.0. The van der Waals surface area contributed by atoms with Gasteiger partial charge >= 0.3 is 5.97 Å². The van der Waals surface area contributed by atoms with Gasteiger partial charge in [-0.1, -0.05) is 19.3 Å². The van der Waals surface area contributed by atoms with E-state index in [2.05, 4.69) is 11.8 Å². The van der Waals surface area contributed by atoms with E-state index in [1.165, 1.54) is 6.92 Å². The van der Waals surface area contributed by atoms with Gasteiger partial charge in [-0.25, -0.2) is 4.79 Å². The van der Waals surface area contributed by atoms with Gasteiger partial charge in [-0.15, -0.1) is 0 Å². The Labute approximate surface area is 72.7 Å². The molecule has 0 saturated carbocycles. The molecule has 12 heavy (non-hydrogen) atoms. The summed E-state index contributed by atoms with van der Waals surface area (Å²) in [5.41, 5.74) is 0. The Kier molecular flexibility index (Phi) is 6.12. The molecule has 0 bridgehead atoms. The second kappa shape index (κ2) is 6.68. The Bertz CT molecular complexity index is 186. The maximum Gasteiger partial charge on any atom is 0.384 e. The Hall–Kier alpha value is -1.01. The van der Waals surface area contributed by atoms with Gasteiger partial charge in [-0.3, -0.25) is 0 Å². The quantitative estimate of drug-likeness (QED) is 0.294. The Morgan fingerprint density at radius 3 is 2.83 bits per heavy atom. The van der Waals surface area contributed by atoms with E-state index in [1.54, 1.807) is 0 Å². The van der Waals surface area contributed by atoms with Crippen LogP contribution in [0.25, 0.3) is 0 Å². The molecule has 0 amide bonds. The first-order valence-corrected chi connectivity index (χ1v) is 4.03. The molecule has 0 aromatic rings. The topological polar surface area (TPSA) is 46.5 Å². The zero-order chi connectivity index (χ0) is 9.40. The van der Waals surface area contributed by atoms with Crippen molar-refractivity contribution in [1.29, 1.82) is 0 Å². The fraction of sp³-hybridized carbons (Fsp3) is 0.667. The summed E-state index contributed by atoms with van der Waals surface area (Å²) >= 11 is 0. The average Bonchev–Trinajstić information content (AvgIpc) is 2.01. The molecular weight excluding hydrogens is 156 g/mol. The lowest BCUT2D eigenvalue weighted by Gasteiger charge is -1.96. The maximum atomic E-state index is 10.7. The fourth-order valence-electron chi connectivity index (χ4n) is 0.509. The molecule has 0 aromatic carbocycles. The van der Waals surface area contributed by atoms with E-state index in [1.807, 2.05) is 6.92 Å². The molecule has 0 spiro atoms. The van der Waals surface area contributed by atoms with E-state index in [9.17, 15) is 4.79 Å². The molecule has 0 aliphatic rings. The molecule has 0 aliphatic heterocycles. The number of hydrogen-bond donors (Lipinski definition) is 1. The largest absolute Gasteiger partial charge is 0.456 e. The molecule has 3 nitrogen and oxygen atoms in total. The Morgan fingerprint density at radius 1 is 1.67 bits per heavy atom. The summed E-state index contributed by atoms with van der Waals surface area (Å²) in [6.45, 7) is 3.91. The van der Waals surface area contributed by atoms with Crippen LogP contribution in [-0.4, -0.2) is 23.8 Å². The van der Waals surface area contributed by atoms with Crippen molar-refractivity contribution in [3.05, 3.63) is 0 Å². The number of carbonyl (C=O) groups excluding carboxylic acids is 1. The SMILES string of the molecule is CCCCOC(=O)C#C[C@@H](C)O. The van der Waals surface area contributed by atoms with Crippen LogP contribution in [-0.2, 0) is 9.53 Å². The number of rotatable bonds is 3. The summed E-state index contributed by atoms with van der Waals surface area (Å²) in [4.78, 5) is 10.7. The molecular formula is C9H14O3. The third kappa shape index (κ3) is 7.10. The predicted octanol–water partition coefficient (Wildman–Crippen LogP) is 0.714. The van der Waals surface area contributed by atoms with Crippen LogP contribution in [0.2, 0.25) is 0 Å². The number of hydrogen-bond acceptors (Lipinski definition) is 3. The minimum Gasteiger partial charge on any atom is -0.456 e. The van der Waals surface area contributed by atoms with Crippen molar-refractivity contribution < 1.29 is 14.6 Å². The second-order valence-corrected chi connectivity index (χ2v) is 2.43. The number of unbranched alkanes of at least 4 members (excludes halogenated alkanes) is 1. The molecule has 0 radical (unpaired) electrons.